The number of rotatable bonds is 5. The van der Waals surface area contributed by atoms with Gasteiger partial charge in [0.05, 0.1) is 6.04 Å². The zero-order valence-corrected chi connectivity index (χ0v) is 16.4. The molecule has 1 aliphatic heterocycles. The van der Waals surface area contributed by atoms with Gasteiger partial charge in [0.2, 0.25) is 0 Å². The predicted molar refractivity (Wildman–Crippen MR) is 111 cm³/mol. The fourth-order valence-corrected chi connectivity index (χ4v) is 3.93. The lowest BCUT2D eigenvalue weighted by atomic mass is 9.93. The molecule has 0 aromatic heterocycles. The van der Waals surface area contributed by atoms with Crippen LogP contribution in [0.25, 0.3) is 11.1 Å². The third-order valence-electron chi connectivity index (χ3n) is 5.26. The molecule has 4 rings (SSSR count). The molecule has 0 bridgehead atoms. The molecular weight excluding hydrogens is 389 g/mol. The van der Waals surface area contributed by atoms with Gasteiger partial charge in [-0.15, -0.1) is 13.2 Å². The minimum Gasteiger partial charge on any atom is -0.406 e. The SMILES string of the molecule is FC(F)(F)Oc1ccc([C@H](c2cccc(-c3ccccc3)c2)N2CCNCC2)cc1. The zero-order valence-electron chi connectivity index (χ0n) is 16.4. The number of nitrogens with zero attached hydrogens (tertiary/aromatic N) is 1. The lowest BCUT2D eigenvalue weighted by Crippen LogP contribution is -2.45. The summed E-state index contributed by atoms with van der Waals surface area (Å²) in [5.41, 5.74) is 4.30. The molecule has 0 spiro atoms. The predicted octanol–water partition coefficient (Wildman–Crippen LogP) is 5.25. The maximum absolute atomic E-state index is 12.5. The molecule has 156 valence electrons. The molecule has 30 heavy (non-hydrogen) atoms. The highest BCUT2D eigenvalue weighted by Gasteiger charge is 2.31. The molecule has 1 fully saturated rings. The van der Waals surface area contributed by atoms with Crippen LogP contribution >= 0.6 is 0 Å². The number of hydrogen-bond acceptors (Lipinski definition) is 3. The monoisotopic (exact) mass is 412 g/mol. The molecule has 1 saturated heterocycles. The van der Waals surface area contributed by atoms with E-state index in [4.69, 9.17) is 0 Å². The van der Waals surface area contributed by atoms with Gasteiger partial charge in [-0.1, -0.05) is 60.7 Å². The number of alkyl halides is 3. The van der Waals surface area contributed by atoms with E-state index in [1.54, 1.807) is 12.1 Å². The summed E-state index contributed by atoms with van der Waals surface area (Å²) in [6.07, 6.45) is -4.69. The van der Waals surface area contributed by atoms with Crippen LogP contribution in [0.1, 0.15) is 17.2 Å². The van der Waals surface area contributed by atoms with Crippen molar-refractivity contribution in [3.05, 3.63) is 90.0 Å². The first kappa shape index (κ1) is 20.4. The van der Waals surface area contributed by atoms with Gasteiger partial charge in [-0.25, -0.2) is 0 Å². The molecule has 3 aromatic carbocycles. The Hall–Kier alpha value is -2.83. The molecule has 0 unspecified atom stereocenters. The number of piperazine rings is 1. The summed E-state index contributed by atoms with van der Waals surface area (Å²) < 4.78 is 41.6. The summed E-state index contributed by atoms with van der Waals surface area (Å²) in [5, 5.41) is 3.36. The Morgan fingerprint density at radius 2 is 1.43 bits per heavy atom. The molecule has 3 nitrogen and oxygen atoms in total. The van der Waals surface area contributed by atoms with Crippen LogP contribution in [0.5, 0.6) is 5.75 Å². The minimum atomic E-state index is -4.69. The minimum absolute atomic E-state index is 0.0456. The van der Waals surface area contributed by atoms with E-state index < -0.39 is 6.36 Å². The summed E-state index contributed by atoms with van der Waals surface area (Å²) in [6, 6.07) is 24.7. The highest BCUT2D eigenvalue weighted by molar-refractivity contribution is 5.64. The highest BCUT2D eigenvalue weighted by Crippen LogP contribution is 2.33. The highest BCUT2D eigenvalue weighted by atomic mass is 19.4. The number of nitrogens with one attached hydrogen (secondary N) is 1. The summed E-state index contributed by atoms with van der Waals surface area (Å²) in [6.45, 7) is 3.48. The van der Waals surface area contributed by atoms with Crippen LogP contribution in [0.3, 0.4) is 0 Å². The molecule has 3 aromatic rings. The summed E-state index contributed by atoms with van der Waals surface area (Å²) in [4.78, 5) is 2.36. The molecule has 1 aliphatic rings. The molecule has 0 radical (unpaired) electrons. The van der Waals surface area contributed by atoms with E-state index in [1.165, 1.54) is 12.1 Å². The standard InChI is InChI=1S/C24H23F3N2O/c25-24(26,27)30-22-11-9-19(10-12-22)23(29-15-13-28-14-16-29)21-8-4-7-20(17-21)18-5-2-1-3-6-18/h1-12,17,23,28H,13-16H2/t23-/m1/s1. The van der Waals surface area contributed by atoms with E-state index in [1.807, 2.05) is 24.3 Å². The Kier molecular flexibility index (Phi) is 6.06. The van der Waals surface area contributed by atoms with Crippen molar-refractivity contribution in [2.45, 2.75) is 12.4 Å². The fraction of sp³-hybridized carbons (Fsp3) is 0.250. The van der Waals surface area contributed by atoms with Gasteiger partial charge in [-0.2, -0.15) is 0 Å². The smallest absolute Gasteiger partial charge is 0.406 e. The lowest BCUT2D eigenvalue weighted by Gasteiger charge is -2.36. The largest absolute Gasteiger partial charge is 0.573 e. The molecule has 1 heterocycles. The van der Waals surface area contributed by atoms with Crippen LogP contribution in [0.2, 0.25) is 0 Å². The second-order valence-electron chi connectivity index (χ2n) is 7.30. The van der Waals surface area contributed by atoms with Gasteiger partial charge in [-0.05, 0) is 40.5 Å². The summed E-state index contributed by atoms with van der Waals surface area (Å²) in [7, 11) is 0. The first-order valence-electron chi connectivity index (χ1n) is 9.95. The van der Waals surface area contributed by atoms with E-state index in [0.717, 1.165) is 48.4 Å². The maximum Gasteiger partial charge on any atom is 0.573 e. The first-order chi connectivity index (χ1) is 14.5. The van der Waals surface area contributed by atoms with Gasteiger partial charge in [0, 0.05) is 26.2 Å². The van der Waals surface area contributed by atoms with Crippen molar-refractivity contribution in [2.75, 3.05) is 26.2 Å². The number of ether oxygens (including phenoxy) is 1. The normalized spacial score (nSPS) is 16.2. The van der Waals surface area contributed by atoms with Crippen molar-refractivity contribution in [2.24, 2.45) is 0 Å². The maximum atomic E-state index is 12.5. The average molecular weight is 412 g/mol. The van der Waals surface area contributed by atoms with Gasteiger partial charge in [0.15, 0.2) is 0 Å². The van der Waals surface area contributed by atoms with Gasteiger partial charge in [-0.3, -0.25) is 4.90 Å². The van der Waals surface area contributed by atoms with Crippen LogP contribution in [0.4, 0.5) is 13.2 Å². The van der Waals surface area contributed by atoms with Crippen LogP contribution in [0.15, 0.2) is 78.9 Å². The van der Waals surface area contributed by atoms with E-state index in [9.17, 15) is 13.2 Å². The fourth-order valence-electron chi connectivity index (χ4n) is 3.93. The van der Waals surface area contributed by atoms with Gasteiger partial charge >= 0.3 is 6.36 Å². The third-order valence-corrected chi connectivity index (χ3v) is 5.26. The summed E-state index contributed by atoms with van der Waals surface area (Å²) >= 11 is 0. The number of hydrogen-bond donors (Lipinski definition) is 1. The second kappa shape index (κ2) is 8.90. The van der Waals surface area contributed by atoms with Gasteiger partial charge in [0.25, 0.3) is 0 Å². The molecule has 1 atom stereocenters. The first-order valence-corrected chi connectivity index (χ1v) is 9.95. The molecule has 0 saturated carbocycles. The van der Waals surface area contributed by atoms with E-state index in [-0.39, 0.29) is 11.8 Å². The average Bonchev–Trinajstić information content (AvgIpc) is 2.76. The van der Waals surface area contributed by atoms with Crippen molar-refractivity contribution < 1.29 is 17.9 Å². The Morgan fingerprint density at radius 3 is 2.10 bits per heavy atom. The van der Waals surface area contributed by atoms with Crippen molar-refractivity contribution in [1.82, 2.24) is 10.2 Å². The Bertz CT molecular complexity index is 952. The van der Waals surface area contributed by atoms with E-state index >= 15 is 0 Å². The van der Waals surface area contributed by atoms with Crippen LogP contribution < -0.4 is 10.1 Å². The molecular formula is C24H23F3N2O. The van der Waals surface area contributed by atoms with E-state index in [0.29, 0.717) is 0 Å². The molecule has 0 amide bonds. The number of benzene rings is 3. The second-order valence-corrected chi connectivity index (χ2v) is 7.30. The Balaban J connectivity index is 1.69. The Labute approximate surface area is 174 Å². The Morgan fingerprint density at radius 1 is 0.767 bits per heavy atom. The van der Waals surface area contributed by atoms with Crippen LogP contribution in [-0.2, 0) is 0 Å². The summed E-state index contributed by atoms with van der Waals surface area (Å²) in [5.74, 6) is -0.205. The zero-order chi connectivity index (χ0) is 21.0. The van der Waals surface area contributed by atoms with Crippen molar-refractivity contribution in [3.63, 3.8) is 0 Å². The van der Waals surface area contributed by atoms with Gasteiger partial charge in [0.1, 0.15) is 5.75 Å². The number of halogens is 3. The third kappa shape index (κ3) is 5.01. The van der Waals surface area contributed by atoms with Crippen LogP contribution in [0, 0.1) is 0 Å². The lowest BCUT2D eigenvalue weighted by molar-refractivity contribution is -0.274. The van der Waals surface area contributed by atoms with Crippen molar-refractivity contribution >= 4 is 0 Å². The quantitative estimate of drug-likeness (QED) is 0.620. The van der Waals surface area contributed by atoms with Crippen LogP contribution in [-0.4, -0.2) is 37.4 Å². The van der Waals surface area contributed by atoms with Gasteiger partial charge < -0.3 is 10.1 Å². The topological polar surface area (TPSA) is 24.5 Å². The molecule has 0 aliphatic carbocycles. The van der Waals surface area contributed by atoms with E-state index in [2.05, 4.69) is 45.3 Å². The van der Waals surface area contributed by atoms with Crippen molar-refractivity contribution in [3.8, 4) is 16.9 Å². The molecule has 1 N–H and O–H groups in total. The van der Waals surface area contributed by atoms with Crippen molar-refractivity contribution in [1.29, 1.82) is 0 Å². The molecule has 6 heteroatoms.